The number of esters is 1. The summed E-state index contributed by atoms with van der Waals surface area (Å²) in [6.45, 7) is 7.03. The summed E-state index contributed by atoms with van der Waals surface area (Å²) in [5.74, 6) is -1.75. The highest BCUT2D eigenvalue weighted by atomic mass is 19.1. The van der Waals surface area contributed by atoms with Crippen molar-refractivity contribution in [1.82, 2.24) is 4.90 Å². The van der Waals surface area contributed by atoms with Gasteiger partial charge in [-0.15, -0.1) is 0 Å². The van der Waals surface area contributed by atoms with Gasteiger partial charge in [0.25, 0.3) is 5.91 Å². The Morgan fingerprint density at radius 3 is 2.42 bits per heavy atom. The summed E-state index contributed by atoms with van der Waals surface area (Å²) in [5.41, 5.74) is 3.31. The predicted octanol–water partition coefficient (Wildman–Crippen LogP) is 3.79. The lowest BCUT2D eigenvalue weighted by molar-refractivity contribution is -0.152. The Morgan fingerprint density at radius 1 is 1.10 bits per heavy atom. The molecule has 0 spiro atoms. The zero-order valence-electron chi connectivity index (χ0n) is 18.4. The molecule has 1 N–H and O–H groups in total. The molecule has 0 aliphatic heterocycles. The molecular weight excluding hydrogens is 399 g/mol. The molecule has 0 aliphatic carbocycles. The van der Waals surface area contributed by atoms with Crippen LogP contribution in [0.5, 0.6) is 0 Å². The summed E-state index contributed by atoms with van der Waals surface area (Å²) in [6.07, 6.45) is 0.579. The van der Waals surface area contributed by atoms with E-state index in [1.54, 1.807) is 0 Å². The number of carbonyl (C=O) groups excluding carboxylic acids is 3. The molecule has 7 heteroatoms. The van der Waals surface area contributed by atoms with Crippen molar-refractivity contribution in [1.29, 1.82) is 0 Å². The van der Waals surface area contributed by atoms with Crippen molar-refractivity contribution in [2.75, 3.05) is 18.5 Å². The molecular formula is C24H29FN2O4. The third-order valence-electron chi connectivity index (χ3n) is 5.25. The highest BCUT2D eigenvalue weighted by Gasteiger charge is 2.23. The number of benzene rings is 2. The standard InChI is InChI=1S/C24H29FN2O4/c1-5-17(3)27(14-22(28)26-21-8-6-7-16(2)18(21)4)23(29)15-31-24(30)13-19-9-11-20(25)12-10-19/h6-12,17H,5,13-15H2,1-4H3,(H,26,28)/t17-/m0/s1. The van der Waals surface area contributed by atoms with E-state index in [9.17, 15) is 18.8 Å². The quantitative estimate of drug-likeness (QED) is 0.617. The van der Waals surface area contributed by atoms with Crippen LogP contribution in [0.4, 0.5) is 10.1 Å². The fourth-order valence-electron chi connectivity index (χ4n) is 2.99. The van der Waals surface area contributed by atoms with E-state index >= 15 is 0 Å². The third-order valence-corrected chi connectivity index (χ3v) is 5.25. The van der Waals surface area contributed by atoms with E-state index in [-0.39, 0.29) is 24.9 Å². The number of nitrogens with one attached hydrogen (secondary N) is 1. The Labute approximate surface area is 182 Å². The molecule has 0 saturated carbocycles. The number of hydrogen-bond acceptors (Lipinski definition) is 4. The normalized spacial score (nSPS) is 11.5. The molecule has 0 bridgehead atoms. The maximum absolute atomic E-state index is 13.0. The van der Waals surface area contributed by atoms with Gasteiger partial charge in [0.2, 0.25) is 5.91 Å². The molecule has 2 amide bonds. The first kappa shape index (κ1) is 24.1. The molecule has 31 heavy (non-hydrogen) atoms. The first-order valence-corrected chi connectivity index (χ1v) is 10.3. The van der Waals surface area contributed by atoms with Crippen LogP contribution in [0.1, 0.15) is 37.0 Å². The monoisotopic (exact) mass is 428 g/mol. The minimum Gasteiger partial charge on any atom is -0.455 e. The van der Waals surface area contributed by atoms with Crippen LogP contribution < -0.4 is 5.32 Å². The van der Waals surface area contributed by atoms with Gasteiger partial charge in [0, 0.05) is 11.7 Å². The minimum absolute atomic E-state index is 0.0655. The van der Waals surface area contributed by atoms with Gasteiger partial charge in [-0.1, -0.05) is 31.2 Å². The van der Waals surface area contributed by atoms with Gasteiger partial charge in [-0.25, -0.2) is 4.39 Å². The molecule has 0 radical (unpaired) electrons. The molecule has 166 valence electrons. The summed E-state index contributed by atoms with van der Waals surface area (Å²) in [7, 11) is 0. The number of halogens is 1. The molecule has 2 rings (SSSR count). The average Bonchev–Trinajstić information content (AvgIpc) is 2.74. The molecule has 6 nitrogen and oxygen atoms in total. The van der Waals surface area contributed by atoms with Crippen LogP contribution in [0, 0.1) is 19.7 Å². The number of carbonyl (C=O) groups is 3. The Hall–Kier alpha value is -3.22. The van der Waals surface area contributed by atoms with Gasteiger partial charge in [-0.2, -0.15) is 0 Å². The van der Waals surface area contributed by atoms with Crippen molar-refractivity contribution >= 4 is 23.5 Å². The van der Waals surface area contributed by atoms with E-state index < -0.39 is 24.3 Å². The van der Waals surface area contributed by atoms with Crippen LogP contribution in [0.15, 0.2) is 42.5 Å². The fraction of sp³-hybridized carbons (Fsp3) is 0.375. The molecule has 0 heterocycles. The van der Waals surface area contributed by atoms with Gasteiger partial charge < -0.3 is 15.0 Å². The van der Waals surface area contributed by atoms with Crippen molar-refractivity contribution < 1.29 is 23.5 Å². The predicted molar refractivity (Wildman–Crippen MR) is 117 cm³/mol. The first-order chi connectivity index (χ1) is 14.7. The summed E-state index contributed by atoms with van der Waals surface area (Å²) in [5, 5.41) is 2.85. The molecule has 0 fully saturated rings. The SMILES string of the molecule is CC[C@H](C)N(CC(=O)Nc1cccc(C)c1C)C(=O)COC(=O)Cc1ccc(F)cc1. The maximum Gasteiger partial charge on any atom is 0.310 e. The number of amides is 2. The van der Waals surface area contributed by atoms with Gasteiger partial charge in [0.15, 0.2) is 6.61 Å². The van der Waals surface area contributed by atoms with Crippen LogP contribution in [-0.2, 0) is 25.5 Å². The van der Waals surface area contributed by atoms with Gasteiger partial charge in [-0.05, 0) is 62.1 Å². The van der Waals surface area contributed by atoms with Crippen LogP contribution in [-0.4, -0.2) is 41.9 Å². The van der Waals surface area contributed by atoms with Crippen molar-refractivity contribution in [2.24, 2.45) is 0 Å². The topological polar surface area (TPSA) is 75.7 Å². The lowest BCUT2D eigenvalue weighted by Gasteiger charge is -2.28. The molecule has 2 aromatic rings. The van der Waals surface area contributed by atoms with Gasteiger partial charge in [0.1, 0.15) is 12.4 Å². The number of rotatable bonds is 9. The summed E-state index contributed by atoms with van der Waals surface area (Å²) in [6, 6.07) is 10.9. The number of anilines is 1. The summed E-state index contributed by atoms with van der Waals surface area (Å²) >= 11 is 0. The van der Waals surface area contributed by atoms with Crippen LogP contribution in [0.3, 0.4) is 0 Å². The van der Waals surface area contributed by atoms with Crippen molar-refractivity contribution in [3.63, 3.8) is 0 Å². The number of ether oxygens (including phenoxy) is 1. The second-order valence-corrected chi connectivity index (χ2v) is 7.54. The highest BCUT2D eigenvalue weighted by Crippen LogP contribution is 2.18. The van der Waals surface area contributed by atoms with E-state index in [0.717, 1.165) is 11.1 Å². The Kier molecular flexibility index (Phi) is 8.73. The zero-order valence-corrected chi connectivity index (χ0v) is 18.4. The van der Waals surface area contributed by atoms with Crippen LogP contribution >= 0.6 is 0 Å². The number of aryl methyl sites for hydroxylation is 1. The van der Waals surface area contributed by atoms with Crippen molar-refractivity contribution in [3.8, 4) is 0 Å². The van der Waals surface area contributed by atoms with Gasteiger partial charge >= 0.3 is 5.97 Å². The zero-order chi connectivity index (χ0) is 23.0. The second-order valence-electron chi connectivity index (χ2n) is 7.54. The number of nitrogens with zero attached hydrogens (tertiary/aromatic N) is 1. The Balaban J connectivity index is 1.95. The fourth-order valence-corrected chi connectivity index (χ4v) is 2.99. The van der Waals surface area contributed by atoms with Gasteiger partial charge in [0.05, 0.1) is 6.42 Å². The molecule has 0 aromatic heterocycles. The van der Waals surface area contributed by atoms with Crippen LogP contribution in [0.2, 0.25) is 0 Å². The van der Waals surface area contributed by atoms with Crippen molar-refractivity contribution in [2.45, 2.75) is 46.6 Å². The first-order valence-electron chi connectivity index (χ1n) is 10.3. The minimum atomic E-state index is -0.594. The summed E-state index contributed by atoms with van der Waals surface area (Å²) < 4.78 is 18.1. The molecule has 2 aromatic carbocycles. The Bertz CT molecular complexity index is 928. The van der Waals surface area contributed by atoms with Crippen LogP contribution in [0.25, 0.3) is 0 Å². The maximum atomic E-state index is 13.0. The van der Waals surface area contributed by atoms with Crippen molar-refractivity contribution in [3.05, 3.63) is 65.0 Å². The average molecular weight is 429 g/mol. The third kappa shape index (κ3) is 7.20. The number of hydrogen-bond donors (Lipinski definition) is 1. The van der Waals surface area contributed by atoms with E-state index in [2.05, 4.69) is 5.32 Å². The molecule has 0 saturated heterocycles. The Morgan fingerprint density at radius 2 is 1.77 bits per heavy atom. The van der Waals surface area contributed by atoms with E-state index in [0.29, 0.717) is 17.7 Å². The highest BCUT2D eigenvalue weighted by molar-refractivity contribution is 5.95. The molecule has 0 unspecified atom stereocenters. The summed E-state index contributed by atoms with van der Waals surface area (Å²) in [4.78, 5) is 38.7. The largest absolute Gasteiger partial charge is 0.455 e. The lowest BCUT2D eigenvalue weighted by atomic mass is 10.1. The second kappa shape index (κ2) is 11.2. The van der Waals surface area contributed by atoms with E-state index in [1.807, 2.05) is 45.9 Å². The van der Waals surface area contributed by atoms with E-state index in [4.69, 9.17) is 4.74 Å². The molecule has 1 atom stereocenters. The lowest BCUT2D eigenvalue weighted by Crippen LogP contribution is -2.45. The van der Waals surface area contributed by atoms with Gasteiger partial charge in [-0.3, -0.25) is 14.4 Å². The smallest absolute Gasteiger partial charge is 0.310 e. The molecule has 0 aliphatic rings. The van der Waals surface area contributed by atoms with E-state index in [1.165, 1.54) is 29.2 Å².